The van der Waals surface area contributed by atoms with Crippen molar-refractivity contribution in [1.82, 2.24) is 14.3 Å². The highest BCUT2D eigenvalue weighted by Crippen LogP contribution is 2.22. The number of imidazole rings is 1. The molecular weight excluding hydrogens is 390 g/mol. The summed E-state index contributed by atoms with van der Waals surface area (Å²) in [5, 5.41) is 0.639. The number of morpholine rings is 1. The quantitative estimate of drug-likeness (QED) is 0.703. The number of sulfonamides is 1. The molecule has 1 aromatic heterocycles. The second-order valence-electron chi connectivity index (χ2n) is 6.12. The maximum absolute atomic E-state index is 12.8. The summed E-state index contributed by atoms with van der Waals surface area (Å²) in [5.41, 5.74) is 1.34. The van der Waals surface area contributed by atoms with Crippen molar-refractivity contribution in [3.8, 4) is 5.75 Å². The Balaban J connectivity index is 1.53. The molecule has 2 heterocycles. The summed E-state index contributed by atoms with van der Waals surface area (Å²) < 4.78 is 37.9. The average molecular weight is 408 g/mol. The second kappa shape index (κ2) is 7.47. The minimum Gasteiger partial charge on any atom is -0.486 e. The van der Waals surface area contributed by atoms with Crippen molar-refractivity contribution in [2.45, 2.75) is 11.5 Å². The summed E-state index contributed by atoms with van der Waals surface area (Å²) in [5.74, 6) is 1.29. The Labute approximate surface area is 161 Å². The summed E-state index contributed by atoms with van der Waals surface area (Å²) in [4.78, 5) is 7.81. The number of halogens is 1. The molecule has 9 heteroatoms. The van der Waals surface area contributed by atoms with Gasteiger partial charge in [0.15, 0.2) is 0 Å². The van der Waals surface area contributed by atoms with Gasteiger partial charge in [0.2, 0.25) is 10.0 Å². The Morgan fingerprint density at radius 2 is 1.89 bits per heavy atom. The zero-order chi connectivity index (χ0) is 18.9. The highest BCUT2D eigenvalue weighted by atomic mass is 35.5. The first kappa shape index (κ1) is 18.2. The first-order chi connectivity index (χ1) is 13.0. The Kier molecular flexibility index (Phi) is 5.05. The zero-order valence-electron chi connectivity index (χ0n) is 14.4. The second-order valence-corrected chi connectivity index (χ2v) is 8.50. The fourth-order valence-electron chi connectivity index (χ4n) is 2.89. The number of fused-ring (bicyclic) bond motifs is 1. The van der Waals surface area contributed by atoms with Crippen LogP contribution in [0.4, 0.5) is 0 Å². The lowest BCUT2D eigenvalue weighted by Gasteiger charge is -2.25. The molecule has 27 heavy (non-hydrogen) atoms. The van der Waals surface area contributed by atoms with Crippen molar-refractivity contribution >= 4 is 32.7 Å². The number of nitrogens with one attached hydrogen (secondary N) is 1. The van der Waals surface area contributed by atoms with Crippen LogP contribution in [0.25, 0.3) is 11.0 Å². The number of benzene rings is 2. The molecule has 1 N–H and O–H groups in total. The predicted octanol–water partition coefficient (Wildman–Crippen LogP) is 2.82. The zero-order valence-corrected chi connectivity index (χ0v) is 16.0. The third-order valence-electron chi connectivity index (χ3n) is 4.30. The van der Waals surface area contributed by atoms with E-state index in [9.17, 15) is 8.42 Å². The summed E-state index contributed by atoms with van der Waals surface area (Å²) in [6.45, 7) is 1.80. The van der Waals surface area contributed by atoms with Gasteiger partial charge in [-0.1, -0.05) is 11.6 Å². The minimum absolute atomic E-state index is 0.238. The van der Waals surface area contributed by atoms with Gasteiger partial charge in [-0.3, -0.25) is 0 Å². The van der Waals surface area contributed by atoms with Gasteiger partial charge in [0.1, 0.15) is 18.2 Å². The largest absolute Gasteiger partial charge is 0.486 e. The first-order valence-corrected chi connectivity index (χ1v) is 10.3. The fraction of sp³-hybridized carbons (Fsp3) is 0.278. The van der Waals surface area contributed by atoms with Crippen LogP contribution in [0, 0.1) is 0 Å². The van der Waals surface area contributed by atoms with Crippen LogP contribution in [0.5, 0.6) is 5.75 Å². The highest BCUT2D eigenvalue weighted by molar-refractivity contribution is 7.89. The molecule has 1 aliphatic rings. The van der Waals surface area contributed by atoms with Crippen LogP contribution >= 0.6 is 11.6 Å². The van der Waals surface area contributed by atoms with Gasteiger partial charge < -0.3 is 14.5 Å². The molecular formula is C18H18ClN3O4S. The Morgan fingerprint density at radius 1 is 1.15 bits per heavy atom. The Morgan fingerprint density at radius 3 is 2.63 bits per heavy atom. The van der Waals surface area contributed by atoms with Crippen molar-refractivity contribution in [1.29, 1.82) is 0 Å². The number of ether oxygens (including phenoxy) is 2. The van der Waals surface area contributed by atoms with Gasteiger partial charge in [0, 0.05) is 18.1 Å². The normalized spacial score (nSPS) is 15.9. The molecule has 4 rings (SSSR count). The van der Waals surface area contributed by atoms with Crippen LogP contribution < -0.4 is 4.74 Å². The lowest BCUT2D eigenvalue weighted by Crippen LogP contribution is -2.40. The van der Waals surface area contributed by atoms with E-state index in [0.717, 1.165) is 0 Å². The molecule has 142 valence electrons. The van der Waals surface area contributed by atoms with E-state index in [2.05, 4.69) is 9.97 Å². The van der Waals surface area contributed by atoms with E-state index >= 15 is 0 Å². The van der Waals surface area contributed by atoms with Crippen LogP contribution in [-0.2, 0) is 21.4 Å². The van der Waals surface area contributed by atoms with Crippen molar-refractivity contribution in [2.75, 3.05) is 26.3 Å². The van der Waals surface area contributed by atoms with Gasteiger partial charge >= 0.3 is 0 Å². The summed E-state index contributed by atoms with van der Waals surface area (Å²) in [6.07, 6.45) is 0. The van der Waals surface area contributed by atoms with Crippen LogP contribution in [0.15, 0.2) is 47.4 Å². The Hall–Kier alpha value is -2.13. The average Bonchev–Trinajstić information content (AvgIpc) is 3.10. The van der Waals surface area contributed by atoms with Crippen molar-refractivity contribution in [3.05, 3.63) is 53.3 Å². The highest BCUT2D eigenvalue weighted by Gasteiger charge is 2.26. The van der Waals surface area contributed by atoms with E-state index < -0.39 is 10.0 Å². The number of H-pyrrole nitrogens is 1. The molecule has 0 amide bonds. The molecule has 0 atom stereocenters. The standard InChI is InChI=1S/C18H18ClN3O4S/c19-13-1-3-14(4-2-13)26-12-18-20-16-6-5-15(11-17(16)21-18)27(23,24)22-7-9-25-10-8-22/h1-6,11H,7-10,12H2,(H,20,21). The van der Waals surface area contributed by atoms with Gasteiger partial charge in [-0.2, -0.15) is 4.31 Å². The van der Waals surface area contributed by atoms with E-state index in [4.69, 9.17) is 21.1 Å². The van der Waals surface area contributed by atoms with Gasteiger partial charge in [0.25, 0.3) is 0 Å². The molecule has 0 aliphatic carbocycles. The van der Waals surface area contributed by atoms with E-state index in [1.165, 1.54) is 4.31 Å². The van der Waals surface area contributed by atoms with Gasteiger partial charge in [-0.25, -0.2) is 13.4 Å². The maximum Gasteiger partial charge on any atom is 0.243 e. The van der Waals surface area contributed by atoms with Crippen LogP contribution in [0.3, 0.4) is 0 Å². The Bertz CT molecular complexity index is 1040. The molecule has 1 aliphatic heterocycles. The summed E-state index contributed by atoms with van der Waals surface area (Å²) in [6, 6.07) is 11.9. The molecule has 7 nitrogen and oxygen atoms in total. The van der Waals surface area contributed by atoms with Crippen LogP contribution in [0.1, 0.15) is 5.82 Å². The van der Waals surface area contributed by atoms with Gasteiger partial charge in [-0.05, 0) is 42.5 Å². The SMILES string of the molecule is O=S(=O)(c1ccc2nc(COc3ccc(Cl)cc3)[nH]c2c1)N1CCOCC1. The molecule has 1 saturated heterocycles. The molecule has 0 bridgehead atoms. The third kappa shape index (κ3) is 3.93. The predicted molar refractivity (Wildman–Crippen MR) is 101 cm³/mol. The molecule has 0 spiro atoms. The smallest absolute Gasteiger partial charge is 0.243 e. The van der Waals surface area contributed by atoms with Gasteiger partial charge in [-0.15, -0.1) is 0 Å². The van der Waals surface area contributed by atoms with Gasteiger partial charge in [0.05, 0.1) is 29.1 Å². The lowest BCUT2D eigenvalue weighted by molar-refractivity contribution is 0.0730. The minimum atomic E-state index is -3.54. The lowest BCUT2D eigenvalue weighted by atomic mass is 10.3. The van der Waals surface area contributed by atoms with E-state index in [-0.39, 0.29) is 11.5 Å². The fourth-order valence-corrected chi connectivity index (χ4v) is 4.45. The molecule has 1 fully saturated rings. The maximum atomic E-state index is 12.8. The summed E-state index contributed by atoms with van der Waals surface area (Å²) >= 11 is 5.86. The first-order valence-electron chi connectivity index (χ1n) is 8.47. The van der Waals surface area contributed by atoms with E-state index in [1.54, 1.807) is 42.5 Å². The van der Waals surface area contributed by atoms with Crippen molar-refractivity contribution in [2.24, 2.45) is 0 Å². The number of hydrogen-bond acceptors (Lipinski definition) is 5. The topological polar surface area (TPSA) is 84.5 Å². The number of hydrogen-bond donors (Lipinski definition) is 1. The van der Waals surface area contributed by atoms with E-state index in [1.807, 2.05) is 0 Å². The molecule has 0 unspecified atom stereocenters. The van der Waals surface area contributed by atoms with E-state index in [0.29, 0.717) is 53.9 Å². The van der Waals surface area contributed by atoms with Crippen LogP contribution in [0.2, 0.25) is 5.02 Å². The van der Waals surface area contributed by atoms with Crippen molar-refractivity contribution < 1.29 is 17.9 Å². The number of rotatable bonds is 5. The molecule has 3 aromatic rings. The number of aromatic amines is 1. The third-order valence-corrected chi connectivity index (χ3v) is 6.45. The number of nitrogens with zero attached hydrogens (tertiary/aromatic N) is 2. The molecule has 0 radical (unpaired) electrons. The summed E-state index contributed by atoms with van der Waals surface area (Å²) in [7, 11) is -3.54. The molecule has 2 aromatic carbocycles. The molecule has 0 saturated carbocycles. The van der Waals surface area contributed by atoms with Crippen molar-refractivity contribution in [3.63, 3.8) is 0 Å². The van der Waals surface area contributed by atoms with Crippen LogP contribution in [-0.4, -0.2) is 49.0 Å². The number of aromatic nitrogens is 2. The monoisotopic (exact) mass is 407 g/mol.